The van der Waals surface area contributed by atoms with E-state index in [0.717, 1.165) is 0 Å². The zero-order valence-corrected chi connectivity index (χ0v) is 12.3. The largest absolute Gasteiger partial charge is 0.336 e. The van der Waals surface area contributed by atoms with Gasteiger partial charge >= 0.3 is 0 Å². The SMILES string of the molecule is CCn1cnc(S(=O)(=O)NC2CC(Cl)C2(C)C)c1. The Kier molecular flexibility index (Phi) is 3.46. The summed E-state index contributed by atoms with van der Waals surface area (Å²) in [6.45, 7) is 6.55. The highest BCUT2D eigenvalue weighted by atomic mass is 35.5. The van der Waals surface area contributed by atoms with E-state index in [1.54, 1.807) is 4.57 Å². The molecule has 1 heterocycles. The highest BCUT2D eigenvalue weighted by molar-refractivity contribution is 7.89. The van der Waals surface area contributed by atoms with Crippen LogP contribution in [0.25, 0.3) is 0 Å². The van der Waals surface area contributed by atoms with E-state index >= 15 is 0 Å². The number of alkyl halides is 1. The second-order valence-corrected chi connectivity index (χ2v) is 7.43. The van der Waals surface area contributed by atoms with Crippen molar-refractivity contribution in [2.24, 2.45) is 5.41 Å². The van der Waals surface area contributed by atoms with Crippen LogP contribution in [0.2, 0.25) is 0 Å². The van der Waals surface area contributed by atoms with E-state index in [-0.39, 0.29) is 21.9 Å². The Labute approximate surface area is 113 Å². The van der Waals surface area contributed by atoms with Crippen molar-refractivity contribution < 1.29 is 8.42 Å². The Morgan fingerprint density at radius 1 is 1.61 bits per heavy atom. The van der Waals surface area contributed by atoms with E-state index in [2.05, 4.69) is 9.71 Å². The maximum absolute atomic E-state index is 12.1. The number of nitrogens with zero attached hydrogens (tertiary/aromatic N) is 2. The number of hydrogen-bond donors (Lipinski definition) is 1. The molecule has 2 unspecified atom stereocenters. The fraction of sp³-hybridized carbons (Fsp3) is 0.727. The molecule has 102 valence electrons. The van der Waals surface area contributed by atoms with Crippen molar-refractivity contribution in [2.45, 2.75) is 50.2 Å². The maximum Gasteiger partial charge on any atom is 0.259 e. The first-order valence-electron chi connectivity index (χ1n) is 5.95. The molecule has 1 saturated carbocycles. The molecule has 2 atom stereocenters. The third kappa shape index (κ3) is 2.29. The van der Waals surface area contributed by atoms with Gasteiger partial charge in [-0.15, -0.1) is 11.6 Å². The average molecular weight is 292 g/mol. The van der Waals surface area contributed by atoms with Crippen molar-refractivity contribution in [3.63, 3.8) is 0 Å². The molecule has 0 aromatic carbocycles. The zero-order chi connectivity index (χ0) is 13.6. The molecule has 0 bridgehead atoms. The van der Waals surface area contributed by atoms with E-state index < -0.39 is 10.0 Å². The van der Waals surface area contributed by atoms with Crippen molar-refractivity contribution in [3.8, 4) is 0 Å². The van der Waals surface area contributed by atoms with Gasteiger partial charge in [0.25, 0.3) is 10.0 Å². The number of halogens is 1. The van der Waals surface area contributed by atoms with Crippen LogP contribution in [0.1, 0.15) is 27.2 Å². The monoisotopic (exact) mass is 291 g/mol. The van der Waals surface area contributed by atoms with Crippen LogP contribution in [-0.2, 0) is 16.6 Å². The summed E-state index contributed by atoms with van der Waals surface area (Å²) < 4.78 is 28.7. The van der Waals surface area contributed by atoms with Gasteiger partial charge in [-0.25, -0.2) is 18.1 Å². The number of hydrogen-bond acceptors (Lipinski definition) is 3. The van der Waals surface area contributed by atoms with Crippen molar-refractivity contribution in [3.05, 3.63) is 12.5 Å². The topological polar surface area (TPSA) is 64.0 Å². The Bertz CT molecular complexity index is 538. The smallest absolute Gasteiger partial charge is 0.259 e. The molecule has 0 saturated heterocycles. The van der Waals surface area contributed by atoms with E-state index in [0.29, 0.717) is 13.0 Å². The summed E-state index contributed by atoms with van der Waals surface area (Å²) in [6, 6.07) is -0.128. The molecule has 0 aliphatic heterocycles. The fourth-order valence-electron chi connectivity index (χ4n) is 1.97. The summed E-state index contributed by atoms with van der Waals surface area (Å²) in [6.07, 6.45) is 3.71. The van der Waals surface area contributed by atoms with Gasteiger partial charge < -0.3 is 4.57 Å². The van der Waals surface area contributed by atoms with Gasteiger partial charge in [0.05, 0.1) is 6.33 Å². The number of aryl methyl sites for hydroxylation is 1. The summed E-state index contributed by atoms with van der Waals surface area (Å²) in [5, 5.41) is 0.0802. The lowest BCUT2D eigenvalue weighted by atomic mass is 9.67. The molecule has 1 aromatic heterocycles. The average Bonchev–Trinajstić information content (AvgIpc) is 2.77. The Morgan fingerprint density at radius 3 is 2.72 bits per heavy atom. The van der Waals surface area contributed by atoms with Gasteiger partial charge in [0, 0.05) is 24.2 Å². The van der Waals surface area contributed by atoms with E-state index in [1.807, 2.05) is 20.8 Å². The van der Waals surface area contributed by atoms with Crippen molar-refractivity contribution >= 4 is 21.6 Å². The molecule has 1 aromatic rings. The van der Waals surface area contributed by atoms with Crippen molar-refractivity contribution in [1.82, 2.24) is 14.3 Å². The summed E-state index contributed by atoms with van der Waals surface area (Å²) in [4.78, 5) is 3.92. The van der Waals surface area contributed by atoms with Crippen LogP contribution in [0.3, 0.4) is 0 Å². The van der Waals surface area contributed by atoms with Gasteiger partial charge in [-0.3, -0.25) is 0 Å². The molecular formula is C11H18ClN3O2S. The molecule has 0 radical (unpaired) electrons. The van der Waals surface area contributed by atoms with Crippen molar-refractivity contribution in [1.29, 1.82) is 0 Å². The second kappa shape index (κ2) is 4.51. The predicted molar refractivity (Wildman–Crippen MR) is 70.0 cm³/mol. The van der Waals surface area contributed by atoms with Crippen LogP contribution in [0.15, 0.2) is 17.6 Å². The molecule has 7 heteroatoms. The number of nitrogens with one attached hydrogen (secondary N) is 1. The molecule has 0 amide bonds. The number of rotatable bonds is 4. The highest BCUT2D eigenvalue weighted by Gasteiger charge is 2.48. The number of sulfonamides is 1. The lowest BCUT2D eigenvalue weighted by Crippen LogP contribution is -2.59. The Hall–Kier alpha value is -0.590. The summed E-state index contributed by atoms with van der Waals surface area (Å²) in [7, 11) is -3.54. The van der Waals surface area contributed by atoms with Crippen LogP contribution >= 0.6 is 11.6 Å². The molecule has 0 spiro atoms. The van der Waals surface area contributed by atoms with Gasteiger partial charge in [0.15, 0.2) is 5.03 Å². The third-order valence-corrected chi connectivity index (χ3v) is 5.79. The van der Waals surface area contributed by atoms with Gasteiger partial charge in [0.2, 0.25) is 0 Å². The van der Waals surface area contributed by atoms with E-state index in [4.69, 9.17) is 11.6 Å². The van der Waals surface area contributed by atoms with E-state index in [9.17, 15) is 8.42 Å². The molecule has 1 N–H and O–H groups in total. The predicted octanol–water partition coefficient (Wildman–Crippen LogP) is 1.59. The van der Waals surface area contributed by atoms with Gasteiger partial charge in [-0.2, -0.15) is 0 Å². The lowest BCUT2D eigenvalue weighted by molar-refractivity contribution is 0.137. The molecular weight excluding hydrogens is 274 g/mol. The molecule has 2 rings (SSSR count). The fourth-order valence-corrected chi connectivity index (χ4v) is 3.66. The minimum Gasteiger partial charge on any atom is -0.336 e. The summed E-state index contributed by atoms with van der Waals surface area (Å²) >= 11 is 6.08. The van der Waals surface area contributed by atoms with E-state index in [1.165, 1.54) is 12.5 Å². The third-order valence-electron chi connectivity index (χ3n) is 3.70. The molecule has 1 aliphatic carbocycles. The quantitative estimate of drug-likeness (QED) is 0.857. The van der Waals surface area contributed by atoms with Crippen LogP contribution in [0, 0.1) is 5.41 Å². The Morgan fingerprint density at radius 2 is 2.28 bits per heavy atom. The summed E-state index contributed by atoms with van der Waals surface area (Å²) in [5.41, 5.74) is -0.220. The highest BCUT2D eigenvalue weighted by Crippen LogP contribution is 2.44. The van der Waals surface area contributed by atoms with Gasteiger partial charge in [-0.1, -0.05) is 13.8 Å². The minimum absolute atomic E-state index is 0.0124. The van der Waals surface area contributed by atoms with Crippen LogP contribution < -0.4 is 4.72 Å². The standard InChI is InChI=1S/C11H18ClN3O2S/c1-4-15-6-10(13-7-15)18(16,17)14-9-5-8(12)11(9,2)3/h6-9,14H,4-5H2,1-3H3. The molecule has 18 heavy (non-hydrogen) atoms. The zero-order valence-electron chi connectivity index (χ0n) is 10.7. The molecule has 1 aliphatic rings. The normalized spacial score (nSPS) is 26.9. The van der Waals surface area contributed by atoms with Crippen LogP contribution in [0.5, 0.6) is 0 Å². The number of aromatic nitrogens is 2. The molecule has 1 fully saturated rings. The summed E-state index contributed by atoms with van der Waals surface area (Å²) in [5.74, 6) is 0. The van der Waals surface area contributed by atoms with Crippen molar-refractivity contribution in [2.75, 3.05) is 0 Å². The first-order valence-corrected chi connectivity index (χ1v) is 7.87. The lowest BCUT2D eigenvalue weighted by Gasteiger charge is -2.48. The minimum atomic E-state index is -3.54. The van der Waals surface area contributed by atoms with Crippen LogP contribution in [-0.4, -0.2) is 29.4 Å². The first-order chi connectivity index (χ1) is 8.27. The second-order valence-electron chi connectivity index (χ2n) is 5.24. The van der Waals surface area contributed by atoms with Crippen LogP contribution in [0.4, 0.5) is 0 Å². The first kappa shape index (κ1) is 13.8. The van der Waals surface area contributed by atoms with Gasteiger partial charge in [-0.05, 0) is 18.8 Å². The van der Waals surface area contributed by atoms with Gasteiger partial charge in [0.1, 0.15) is 0 Å². The maximum atomic E-state index is 12.1. The number of imidazole rings is 1. The Balaban J connectivity index is 2.13. The molecule has 5 nitrogen and oxygen atoms in total.